The highest BCUT2D eigenvalue weighted by molar-refractivity contribution is 7.99. The van der Waals surface area contributed by atoms with Crippen LogP contribution in [0.25, 0.3) is 11.4 Å². The summed E-state index contributed by atoms with van der Waals surface area (Å²) in [5.41, 5.74) is 1.47. The van der Waals surface area contributed by atoms with Gasteiger partial charge in [0.05, 0.1) is 5.75 Å². The number of pyridine rings is 1. The minimum Gasteiger partial charge on any atom is -0.308 e. The highest BCUT2D eigenvalue weighted by Gasteiger charge is 2.15. The van der Waals surface area contributed by atoms with E-state index in [1.165, 1.54) is 11.8 Å². The molecule has 3 rings (SSSR count). The highest BCUT2D eigenvalue weighted by atomic mass is 32.2. The Balaban J connectivity index is 1.61. The molecule has 0 aliphatic heterocycles. The van der Waals surface area contributed by atoms with Crippen LogP contribution < -0.4 is 10.6 Å². The molecule has 1 aromatic carbocycles. The van der Waals surface area contributed by atoms with Crippen LogP contribution in [-0.2, 0) is 11.3 Å². The van der Waals surface area contributed by atoms with Crippen LogP contribution in [0.3, 0.4) is 0 Å². The van der Waals surface area contributed by atoms with E-state index < -0.39 is 11.9 Å². The van der Waals surface area contributed by atoms with Crippen LogP contribution in [-0.4, -0.2) is 37.4 Å². The van der Waals surface area contributed by atoms with E-state index in [9.17, 15) is 9.59 Å². The number of urea groups is 1. The summed E-state index contributed by atoms with van der Waals surface area (Å²) in [6.45, 7) is 4.24. The molecule has 0 spiro atoms. The first-order valence-electron chi connectivity index (χ1n) is 8.40. The Labute approximate surface area is 166 Å². The largest absolute Gasteiger partial charge is 0.325 e. The predicted molar refractivity (Wildman–Crippen MR) is 108 cm³/mol. The maximum Gasteiger partial charge on any atom is 0.325 e. The summed E-state index contributed by atoms with van der Waals surface area (Å²) in [7, 11) is 0. The maximum absolute atomic E-state index is 12.1. The molecule has 142 valence electrons. The average Bonchev–Trinajstić information content (AvgIpc) is 3.11. The Hall–Kier alpha value is -3.46. The molecule has 0 unspecified atom stereocenters. The van der Waals surface area contributed by atoms with Gasteiger partial charge in [-0.2, -0.15) is 0 Å². The second-order valence-electron chi connectivity index (χ2n) is 5.60. The van der Waals surface area contributed by atoms with Crippen LogP contribution in [0.1, 0.15) is 0 Å². The summed E-state index contributed by atoms with van der Waals surface area (Å²) >= 11 is 1.19. The lowest BCUT2D eigenvalue weighted by Gasteiger charge is -2.08. The van der Waals surface area contributed by atoms with Gasteiger partial charge < -0.3 is 5.32 Å². The molecule has 0 fully saturated rings. The number of benzene rings is 1. The first-order chi connectivity index (χ1) is 13.7. The molecule has 0 saturated carbocycles. The van der Waals surface area contributed by atoms with Gasteiger partial charge in [0.2, 0.25) is 5.91 Å². The number of nitrogens with zero attached hydrogens (tertiary/aromatic N) is 4. The van der Waals surface area contributed by atoms with Crippen LogP contribution in [0.2, 0.25) is 0 Å². The number of hydrogen-bond acceptors (Lipinski definition) is 6. The van der Waals surface area contributed by atoms with Gasteiger partial charge in [-0.05, 0) is 24.3 Å². The number of hydrogen-bond donors (Lipinski definition) is 2. The van der Waals surface area contributed by atoms with Gasteiger partial charge in [0.25, 0.3) is 0 Å². The Morgan fingerprint density at radius 2 is 1.86 bits per heavy atom. The Morgan fingerprint density at radius 1 is 1.11 bits per heavy atom. The third kappa shape index (κ3) is 5.04. The second kappa shape index (κ2) is 9.47. The van der Waals surface area contributed by atoms with Gasteiger partial charge in [-0.3, -0.25) is 19.7 Å². The first-order valence-corrected chi connectivity index (χ1v) is 9.39. The number of amides is 3. The maximum atomic E-state index is 12.1. The fourth-order valence-corrected chi connectivity index (χ4v) is 3.13. The zero-order valence-electron chi connectivity index (χ0n) is 14.9. The highest BCUT2D eigenvalue weighted by Crippen LogP contribution is 2.23. The van der Waals surface area contributed by atoms with E-state index in [1.54, 1.807) is 42.7 Å². The molecule has 0 aliphatic carbocycles. The zero-order chi connectivity index (χ0) is 19.8. The van der Waals surface area contributed by atoms with Crippen molar-refractivity contribution in [3.05, 3.63) is 67.5 Å². The first kappa shape index (κ1) is 19.3. The van der Waals surface area contributed by atoms with Crippen LogP contribution in [0.4, 0.5) is 10.5 Å². The SMILES string of the molecule is C=CCn1c(SCC(=O)NC(=O)Nc2ccccc2)nnc1-c1ccncc1. The molecule has 2 heterocycles. The molecular formula is C19H18N6O2S. The van der Waals surface area contributed by atoms with E-state index in [4.69, 9.17) is 0 Å². The number of carbonyl (C=O) groups excluding carboxylic acids is 2. The third-order valence-corrected chi connectivity index (χ3v) is 4.55. The van der Waals surface area contributed by atoms with Crippen molar-refractivity contribution < 1.29 is 9.59 Å². The van der Waals surface area contributed by atoms with Gasteiger partial charge in [-0.15, -0.1) is 16.8 Å². The van der Waals surface area contributed by atoms with E-state index in [-0.39, 0.29) is 5.75 Å². The molecule has 3 aromatic rings. The van der Waals surface area contributed by atoms with Gasteiger partial charge in [0, 0.05) is 30.2 Å². The fraction of sp³-hybridized carbons (Fsp3) is 0.105. The molecule has 0 aliphatic rings. The van der Waals surface area contributed by atoms with Crippen molar-refractivity contribution in [1.29, 1.82) is 0 Å². The van der Waals surface area contributed by atoms with Gasteiger partial charge in [-0.25, -0.2) is 4.79 Å². The summed E-state index contributed by atoms with van der Waals surface area (Å²) in [5, 5.41) is 13.8. The van der Waals surface area contributed by atoms with Crippen molar-refractivity contribution in [2.75, 3.05) is 11.1 Å². The third-order valence-electron chi connectivity index (χ3n) is 3.58. The monoisotopic (exact) mass is 394 g/mol. The summed E-state index contributed by atoms with van der Waals surface area (Å²) < 4.78 is 1.85. The van der Waals surface area contributed by atoms with Crippen molar-refractivity contribution in [2.45, 2.75) is 11.7 Å². The van der Waals surface area contributed by atoms with Crippen LogP contribution >= 0.6 is 11.8 Å². The molecule has 2 N–H and O–H groups in total. The normalized spacial score (nSPS) is 10.3. The standard InChI is InChI=1S/C19H18N6O2S/c1-2-12-25-17(14-8-10-20-11-9-14)23-24-19(25)28-13-16(26)22-18(27)21-15-6-4-3-5-7-15/h2-11H,1,12-13H2,(H2,21,22,26,27). The molecular weight excluding hydrogens is 376 g/mol. The van der Waals surface area contributed by atoms with E-state index in [0.717, 1.165) is 5.56 Å². The molecule has 9 heteroatoms. The summed E-state index contributed by atoms with van der Waals surface area (Å²) in [5.74, 6) is 0.248. The average molecular weight is 394 g/mol. The van der Waals surface area contributed by atoms with Crippen molar-refractivity contribution in [3.63, 3.8) is 0 Å². The number of nitrogens with one attached hydrogen (secondary N) is 2. The van der Waals surface area contributed by atoms with Crippen LogP contribution in [0, 0.1) is 0 Å². The minimum atomic E-state index is -0.582. The lowest BCUT2D eigenvalue weighted by atomic mass is 10.2. The quantitative estimate of drug-likeness (QED) is 0.472. The van der Waals surface area contributed by atoms with Crippen LogP contribution in [0.5, 0.6) is 0 Å². The Bertz CT molecular complexity index is 959. The topological polar surface area (TPSA) is 102 Å². The summed E-state index contributed by atoms with van der Waals surface area (Å²) in [4.78, 5) is 28.0. The smallest absolute Gasteiger partial charge is 0.308 e. The van der Waals surface area contributed by atoms with Gasteiger partial charge in [-0.1, -0.05) is 36.0 Å². The fourth-order valence-electron chi connectivity index (χ4n) is 2.38. The predicted octanol–water partition coefficient (Wildman–Crippen LogP) is 2.97. The second-order valence-corrected chi connectivity index (χ2v) is 6.54. The van der Waals surface area contributed by atoms with E-state index in [2.05, 4.69) is 32.4 Å². The van der Waals surface area contributed by atoms with Gasteiger partial charge in [0.15, 0.2) is 11.0 Å². The van der Waals surface area contributed by atoms with Crippen molar-refractivity contribution >= 4 is 29.4 Å². The molecule has 28 heavy (non-hydrogen) atoms. The number of anilines is 1. The van der Waals surface area contributed by atoms with Gasteiger partial charge >= 0.3 is 6.03 Å². The number of thioether (sulfide) groups is 1. The van der Waals surface area contributed by atoms with Crippen molar-refractivity contribution in [3.8, 4) is 11.4 Å². The zero-order valence-corrected chi connectivity index (χ0v) is 15.7. The lowest BCUT2D eigenvalue weighted by molar-refractivity contribution is -0.117. The summed E-state index contributed by atoms with van der Waals surface area (Å²) in [6, 6.07) is 12.0. The molecule has 3 amide bonds. The molecule has 0 radical (unpaired) electrons. The molecule has 0 atom stereocenters. The Kier molecular flexibility index (Phi) is 6.53. The summed E-state index contributed by atoms with van der Waals surface area (Å²) in [6.07, 6.45) is 5.08. The van der Waals surface area contributed by atoms with Gasteiger partial charge in [0.1, 0.15) is 0 Å². The molecule has 0 saturated heterocycles. The number of allylic oxidation sites excluding steroid dienone is 1. The van der Waals surface area contributed by atoms with E-state index >= 15 is 0 Å². The number of para-hydroxylation sites is 1. The molecule has 0 bridgehead atoms. The van der Waals surface area contributed by atoms with E-state index in [0.29, 0.717) is 23.2 Å². The lowest BCUT2D eigenvalue weighted by Crippen LogP contribution is -2.35. The number of imide groups is 1. The van der Waals surface area contributed by atoms with Crippen molar-refractivity contribution in [1.82, 2.24) is 25.1 Å². The van der Waals surface area contributed by atoms with Crippen LogP contribution in [0.15, 0.2) is 72.7 Å². The molecule has 8 nitrogen and oxygen atoms in total. The van der Waals surface area contributed by atoms with E-state index in [1.807, 2.05) is 22.8 Å². The number of aromatic nitrogens is 4. The minimum absolute atomic E-state index is 0.0217. The number of rotatable bonds is 7. The Morgan fingerprint density at radius 3 is 2.57 bits per heavy atom. The van der Waals surface area contributed by atoms with Crippen molar-refractivity contribution in [2.24, 2.45) is 0 Å². The molecule has 2 aromatic heterocycles. The number of carbonyl (C=O) groups is 2.